The van der Waals surface area contributed by atoms with Crippen molar-refractivity contribution in [3.63, 3.8) is 0 Å². The van der Waals surface area contributed by atoms with E-state index in [-0.39, 0.29) is 22.1 Å². The molecule has 0 heterocycles. The number of ether oxygens (including phenoxy) is 1. The lowest BCUT2D eigenvalue weighted by Gasteiger charge is -2.30. The molecule has 0 aliphatic heterocycles. The molecule has 0 bridgehead atoms. The molecule has 1 aliphatic carbocycles. The monoisotopic (exact) mass is 337 g/mol. The maximum atomic E-state index is 12.4. The Balaban J connectivity index is 2.22. The van der Waals surface area contributed by atoms with Gasteiger partial charge in [-0.25, -0.2) is 13.1 Å². The first-order chi connectivity index (χ1) is 9.44. The highest BCUT2D eigenvalue weighted by atomic mass is 35.5. The predicted molar refractivity (Wildman–Crippen MR) is 79.8 cm³/mol. The summed E-state index contributed by atoms with van der Waals surface area (Å²) in [4.78, 5) is 0.0454. The number of hydrogen-bond donors (Lipinski definition) is 1. The van der Waals surface area contributed by atoms with Crippen LogP contribution in [0.3, 0.4) is 0 Å². The molecule has 4 nitrogen and oxygen atoms in total. The van der Waals surface area contributed by atoms with Crippen molar-refractivity contribution >= 4 is 33.2 Å². The summed E-state index contributed by atoms with van der Waals surface area (Å²) in [5, 5.41) is 0.524. The molecule has 1 fully saturated rings. The lowest BCUT2D eigenvalue weighted by Crippen LogP contribution is -2.45. The van der Waals surface area contributed by atoms with Crippen LogP contribution in [0, 0.1) is 0 Å². The van der Waals surface area contributed by atoms with E-state index in [9.17, 15) is 8.42 Å². The van der Waals surface area contributed by atoms with E-state index in [2.05, 4.69) is 4.72 Å². The zero-order valence-electron chi connectivity index (χ0n) is 11.1. The van der Waals surface area contributed by atoms with Crippen LogP contribution < -0.4 is 4.72 Å². The first kappa shape index (κ1) is 16.0. The van der Waals surface area contributed by atoms with E-state index in [1.54, 1.807) is 7.11 Å². The summed E-state index contributed by atoms with van der Waals surface area (Å²) in [6.07, 6.45) is 3.57. The van der Waals surface area contributed by atoms with Crippen LogP contribution in [0.1, 0.15) is 25.7 Å². The molecular weight excluding hydrogens is 321 g/mol. The zero-order valence-corrected chi connectivity index (χ0v) is 13.4. The first-order valence-corrected chi connectivity index (χ1v) is 8.68. The second-order valence-corrected chi connectivity index (χ2v) is 7.39. The Hall–Kier alpha value is -0.330. The molecule has 1 aromatic carbocycles. The van der Waals surface area contributed by atoms with Gasteiger partial charge in [-0.2, -0.15) is 0 Å². The van der Waals surface area contributed by atoms with E-state index < -0.39 is 10.0 Å². The lowest BCUT2D eigenvalue weighted by molar-refractivity contribution is 0.0493. The largest absolute Gasteiger partial charge is 0.380 e. The van der Waals surface area contributed by atoms with Gasteiger partial charge in [0.25, 0.3) is 0 Å². The average Bonchev–Trinajstić information content (AvgIpc) is 2.38. The van der Waals surface area contributed by atoms with E-state index in [1.807, 2.05) is 0 Å². The second-order valence-electron chi connectivity index (χ2n) is 4.86. The van der Waals surface area contributed by atoms with Crippen molar-refractivity contribution in [3.8, 4) is 0 Å². The highest BCUT2D eigenvalue weighted by molar-refractivity contribution is 7.89. The average molecular weight is 338 g/mol. The van der Waals surface area contributed by atoms with Crippen molar-refractivity contribution in [3.05, 3.63) is 28.2 Å². The third-order valence-corrected chi connectivity index (χ3v) is 5.70. The maximum absolute atomic E-state index is 12.4. The van der Waals surface area contributed by atoms with Gasteiger partial charge in [0.1, 0.15) is 4.90 Å². The molecular formula is C13H17Cl2NO3S. The van der Waals surface area contributed by atoms with Gasteiger partial charge in [-0.05, 0) is 31.0 Å². The summed E-state index contributed by atoms with van der Waals surface area (Å²) < 4.78 is 32.8. The molecule has 2 atom stereocenters. The van der Waals surface area contributed by atoms with E-state index in [0.717, 1.165) is 25.7 Å². The smallest absolute Gasteiger partial charge is 0.242 e. The van der Waals surface area contributed by atoms with Crippen LogP contribution in [0.4, 0.5) is 0 Å². The topological polar surface area (TPSA) is 55.4 Å². The number of nitrogens with one attached hydrogen (secondary N) is 1. The fourth-order valence-corrected chi connectivity index (χ4v) is 4.54. The summed E-state index contributed by atoms with van der Waals surface area (Å²) in [6.45, 7) is 0. The van der Waals surface area contributed by atoms with Crippen LogP contribution in [0.5, 0.6) is 0 Å². The molecule has 20 heavy (non-hydrogen) atoms. The molecule has 0 radical (unpaired) electrons. The van der Waals surface area contributed by atoms with Gasteiger partial charge in [-0.15, -0.1) is 0 Å². The molecule has 112 valence electrons. The van der Waals surface area contributed by atoms with Crippen molar-refractivity contribution in [2.75, 3.05) is 7.11 Å². The Kier molecular flexibility index (Phi) is 5.31. The molecule has 1 aliphatic rings. The molecule has 1 aromatic rings. The minimum absolute atomic E-state index is 0.0454. The number of sulfonamides is 1. The number of hydrogen-bond acceptors (Lipinski definition) is 3. The van der Waals surface area contributed by atoms with Crippen LogP contribution in [0.2, 0.25) is 10.0 Å². The number of methoxy groups -OCH3 is 1. The van der Waals surface area contributed by atoms with E-state index in [1.165, 1.54) is 18.2 Å². The third-order valence-electron chi connectivity index (χ3n) is 3.50. The van der Waals surface area contributed by atoms with E-state index in [4.69, 9.17) is 27.9 Å². The van der Waals surface area contributed by atoms with Gasteiger partial charge in [-0.3, -0.25) is 0 Å². The summed E-state index contributed by atoms with van der Waals surface area (Å²) in [6, 6.07) is 4.13. The van der Waals surface area contributed by atoms with Gasteiger partial charge >= 0.3 is 0 Å². The highest BCUT2D eigenvalue weighted by Crippen LogP contribution is 2.27. The SMILES string of the molecule is COC1CCCCC1NS(=O)(=O)c1ccc(Cl)cc1Cl. The standard InChI is InChI=1S/C13H17Cl2NO3S/c1-19-12-5-3-2-4-11(12)16-20(17,18)13-7-6-9(14)8-10(13)15/h6-8,11-12,16H,2-5H2,1H3. The van der Waals surface area contributed by atoms with Crippen molar-refractivity contribution in [2.45, 2.75) is 42.7 Å². The van der Waals surface area contributed by atoms with E-state index in [0.29, 0.717) is 5.02 Å². The molecule has 2 unspecified atom stereocenters. The molecule has 0 saturated heterocycles. The van der Waals surface area contributed by atoms with E-state index >= 15 is 0 Å². The lowest BCUT2D eigenvalue weighted by atomic mass is 9.93. The quantitative estimate of drug-likeness (QED) is 0.917. The number of rotatable bonds is 4. The fourth-order valence-electron chi connectivity index (χ4n) is 2.47. The summed E-state index contributed by atoms with van der Waals surface area (Å²) in [7, 11) is -2.07. The van der Waals surface area contributed by atoms with Crippen LogP contribution in [-0.2, 0) is 14.8 Å². The zero-order chi connectivity index (χ0) is 14.8. The van der Waals surface area contributed by atoms with Gasteiger partial charge in [0.15, 0.2) is 0 Å². The summed E-state index contributed by atoms with van der Waals surface area (Å²) in [5.74, 6) is 0. The van der Waals surface area contributed by atoms with Crippen LogP contribution in [-0.4, -0.2) is 27.7 Å². The van der Waals surface area contributed by atoms with Crippen LogP contribution in [0.15, 0.2) is 23.1 Å². The highest BCUT2D eigenvalue weighted by Gasteiger charge is 2.30. The Morgan fingerprint density at radius 3 is 2.60 bits per heavy atom. The molecule has 0 spiro atoms. The maximum Gasteiger partial charge on any atom is 0.242 e. The van der Waals surface area contributed by atoms with Crippen molar-refractivity contribution in [1.29, 1.82) is 0 Å². The van der Waals surface area contributed by atoms with Gasteiger partial charge in [0, 0.05) is 18.2 Å². The number of halogens is 2. The van der Waals surface area contributed by atoms with Gasteiger partial charge in [-0.1, -0.05) is 36.0 Å². The Labute approximate surface area is 129 Å². The Morgan fingerprint density at radius 1 is 1.25 bits per heavy atom. The second kappa shape index (κ2) is 6.62. The third kappa shape index (κ3) is 3.65. The van der Waals surface area contributed by atoms with Crippen molar-refractivity contribution in [2.24, 2.45) is 0 Å². The molecule has 2 rings (SSSR count). The predicted octanol–water partition coefficient (Wildman–Crippen LogP) is 3.23. The van der Waals surface area contributed by atoms with Crippen LogP contribution >= 0.6 is 23.2 Å². The first-order valence-electron chi connectivity index (χ1n) is 6.44. The minimum atomic E-state index is -3.67. The Morgan fingerprint density at radius 2 is 1.95 bits per heavy atom. The summed E-state index contributed by atoms with van der Waals surface area (Å²) >= 11 is 11.8. The molecule has 0 amide bonds. The van der Waals surface area contributed by atoms with Gasteiger partial charge < -0.3 is 4.74 Å². The summed E-state index contributed by atoms with van der Waals surface area (Å²) in [5.41, 5.74) is 0. The normalized spacial score (nSPS) is 23.8. The fraction of sp³-hybridized carbons (Fsp3) is 0.538. The molecule has 0 aromatic heterocycles. The van der Waals surface area contributed by atoms with Crippen molar-refractivity contribution < 1.29 is 13.2 Å². The molecule has 1 N–H and O–H groups in total. The molecule has 7 heteroatoms. The Bertz CT molecular complexity index is 577. The van der Waals surface area contributed by atoms with Gasteiger partial charge in [0.05, 0.1) is 11.1 Å². The van der Waals surface area contributed by atoms with Gasteiger partial charge in [0.2, 0.25) is 10.0 Å². The number of benzene rings is 1. The molecule has 1 saturated carbocycles. The van der Waals surface area contributed by atoms with Crippen LogP contribution in [0.25, 0.3) is 0 Å². The minimum Gasteiger partial charge on any atom is -0.380 e. The van der Waals surface area contributed by atoms with Crippen molar-refractivity contribution in [1.82, 2.24) is 4.72 Å².